The van der Waals surface area contributed by atoms with Crippen molar-refractivity contribution in [1.82, 2.24) is 10.3 Å². The topological polar surface area (TPSA) is 60.5 Å². The van der Waals surface area contributed by atoms with Crippen molar-refractivity contribution in [1.29, 1.82) is 0 Å². The maximum atomic E-state index is 12.3. The number of rotatable bonds is 4. The van der Waals surface area contributed by atoms with Crippen LogP contribution in [0.1, 0.15) is 11.1 Å². The van der Waals surface area contributed by atoms with Crippen molar-refractivity contribution in [2.45, 2.75) is 13.0 Å². The van der Waals surface area contributed by atoms with Gasteiger partial charge in [0.05, 0.1) is 13.0 Å². The van der Waals surface area contributed by atoms with Gasteiger partial charge in [-0.3, -0.25) is 9.78 Å². The van der Waals surface area contributed by atoms with Crippen LogP contribution in [0.3, 0.4) is 0 Å². The predicted octanol–water partition coefficient (Wildman–Crippen LogP) is 1.96. The molecule has 1 unspecified atom stereocenters. The van der Waals surface area contributed by atoms with E-state index in [0.29, 0.717) is 19.6 Å². The Morgan fingerprint density at radius 2 is 2.36 bits per heavy atom. The first-order valence-corrected chi connectivity index (χ1v) is 7.22. The van der Waals surface area contributed by atoms with E-state index in [2.05, 4.69) is 10.3 Å². The van der Waals surface area contributed by atoms with Gasteiger partial charge in [-0.1, -0.05) is 6.07 Å². The van der Waals surface area contributed by atoms with Crippen LogP contribution in [0.2, 0.25) is 0 Å². The van der Waals surface area contributed by atoms with Crippen LogP contribution in [-0.2, 0) is 17.8 Å². The maximum Gasteiger partial charge on any atom is 0.227 e. The van der Waals surface area contributed by atoms with Gasteiger partial charge in [-0.05, 0) is 41.8 Å². The summed E-state index contributed by atoms with van der Waals surface area (Å²) in [7, 11) is 1.63. The number of pyridine rings is 1. The number of nitrogens with zero attached hydrogens (tertiary/aromatic N) is 1. The third-order valence-electron chi connectivity index (χ3n) is 3.73. The molecule has 1 amide bonds. The molecule has 5 heteroatoms. The molecule has 3 rings (SSSR count). The molecule has 1 N–H and O–H groups in total. The highest BCUT2D eigenvalue weighted by molar-refractivity contribution is 5.79. The first kappa shape index (κ1) is 14.4. The van der Waals surface area contributed by atoms with Crippen molar-refractivity contribution in [2.24, 2.45) is 5.92 Å². The van der Waals surface area contributed by atoms with E-state index in [1.807, 2.05) is 30.3 Å². The molecule has 1 aliphatic heterocycles. The molecule has 1 atom stereocenters. The summed E-state index contributed by atoms with van der Waals surface area (Å²) in [5.41, 5.74) is 1.99. The van der Waals surface area contributed by atoms with E-state index in [1.165, 1.54) is 0 Å². The smallest absolute Gasteiger partial charge is 0.227 e. The summed E-state index contributed by atoms with van der Waals surface area (Å²) in [6.45, 7) is 0.881. The number of fused-ring (bicyclic) bond motifs is 1. The molecular formula is C17H18N2O3. The van der Waals surface area contributed by atoms with Gasteiger partial charge in [-0.15, -0.1) is 0 Å². The molecule has 0 spiro atoms. The van der Waals surface area contributed by atoms with Crippen LogP contribution in [0.25, 0.3) is 0 Å². The van der Waals surface area contributed by atoms with Gasteiger partial charge in [0.25, 0.3) is 0 Å². The zero-order chi connectivity index (χ0) is 15.4. The third-order valence-corrected chi connectivity index (χ3v) is 3.73. The van der Waals surface area contributed by atoms with Gasteiger partial charge in [-0.25, -0.2) is 0 Å². The Bertz CT molecular complexity index is 658. The number of ether oxygens (including phenoxy) is 2. The van der Waals surface area contributed by atoms with E-state index in [9.17, 15) is 4.79 Å². The van der Waals surface area contributed by atoms with Crippen LogP contribution in [0.5, 0.6) is 11.5 Å². The van der Waals surface area contributed by atoms with Crippen LogP contribution in [0.4, 0.5) is 0 Å². The molecule has 0 radical (unpaired) electrons. The third kappa shape index (κ3) is 3.19. The molecule has 1 aromatic carbocycles. The highest BCUT2D eigenvalue weighted by atomic mass is 16.5. The van der Waals surface area contributed by atoms with Gasteiger partial charge >= 0.3 is 0 Å². The van der Waals surface area contributed by atoms with Crippen molar-refractivity contribution >= 4 is 5.91 Å². The second kappa shape index (κ2) is 6.47. The summed E-state index contributed by atoms with van der Waals surface area (Å²) in [4.78, 5) is 16.3. The fourth-order valence-electron chi connectivity index (χ4n) is 2.50. The average Bonchev–Trinajstić information content (AvgIpc) is 2.59. The lowest BCUT2D eigenvalue weighted by atomic mass is 9.95. The van der Waals surface area contributed by atoms with Crippen LogP contribution in [0.15, 0.2) is 42.7 Å². The predicted molar refractivity (Wildman–Crippen MR) is 81.8 cm³/mol. The van der Waals surface area contributed by atoms with Crippen LogP contribution < -0.4 is 14.8 Å². The van der Waals surface area contributed by atoms with Crippen molar-refractivity contribution in [3.63, 3.8) is 0 Å². The summed E-state index contributed by atoms with van der Waals surface area (Å²) in [5.74, 6) is 1.42. The Hall–Kier alpha value is -2.56. The van der Waals surface area contributed by atoms with Gasteiger partial charge in [0, 0.05) is 18.9 Å². The van der Waals surface area contributed by atoms with E-state index >= 15 is 0 Å². The van der Waals surface area contributed by atoms with Crippen LogP contribution >= 0.6 is 0 Å². The lowest BCUT2D eigenvalue weighted by Gasteiger charge is -2.25. The number of aromatic nitrogens is 1. The Morgan fingerprint density at radius 1 is 1.45 bits per heavy atom. The summed E-state index contributed by atoms with van der Waals surface area (Å²) in [5, 5.41) is 2.94. The summed E-state index contributed by atoms with van der Waals surface area (Å²) >= 11 is 0. The molecule has 114 valence electrons. The first-order chi connectivity index (χ1) is 10.8. The van der Waals surface area contributed by atoms with Gasteiger partial charge in [0.1, 0.15) is 18.1 Å². The molecule has 0 saturated carbocycles. The molecule has 22 heavy (non-hydrogen) atoms. The zero-order valence-corrected chi connectivity index (χ0v) is 12.4. The number of hydrogen-bond donors (Lipinski definition) is 1. The maximum absolute atomic E-state index is 12.3. The highest BCUT2D eigenvalue weighted by Crippen LogP contribution is 2.30. The van der Waals surface area contributed by atoms with Gasteiger partial charge in [-0.2, -0.15) is 0 Å². The number of amides is 1. The van der Waals surface area contributed by atoms with Gasteiger partial charge in [0.15, 0.2) is 0 Å². The fraction of sp³-hybridized carbons (Fsp3) is 0.294. The number of carbonyl (C=O) groups excluding carboxylic acids is 1. The largest absolute Gasteiger partial charge is 0.497 e. The van der Waals surface area contributed by atoms with E-state index in [1.54, 1.807) is 19.5 Å². The van der Waals surface area contributed by atoms with Crippen LogP contribution in [0, 0.1) is 5.92 Å². The highest BCUT2D eigenvalue weighted by Gasteiger charge is 2.26. The second-order valence-corrected chi connectivity index (χ2v) is 5.26. The second-order valence-electron chi connectivity index (χ2n) is 5.26. The molecule has 1 aliphatic rings. The molecule has 0 fully saturated rings. The molecule has 5 nitrogen and oxygen atoms in total. The summed E-state index contributed by atoms with van der Waals surface area (Å²) in [6, 6.07) is 9.47. The van der Waals surface area contributed by atoms with E-state index in [-0.39, 0.29) is 11.8 Å². The average molecular weight is 298 g/mol. The SMILES string of the molecule is COc1ccc2c(c1)CC(C(=O)NCc1cccnc1)CO2. The molecule has 2 aromatic rings. The minimum absolute atomic E-state index is 0.00248. The number of nitrogens with one attached hydrogen (secondary N) is 1. The van der Waals surface area contributed by atoms with E-state index < -0.39 is 0 Å². The summed E-state index contributed by atoms with van der Waals surface area (Å²) < 4.78 is 10.9. The van der Waals surface area contributed by atoms with Crippen molar-refractivity contribution in [3.8, 4) is 11.5 Å². The number of benzene rings is 1. The van der Waals surface area contributed by atoms with Gasteiger partial charge in [0.2, 0.25) is 5.91 Å². The minimum atomic E-state index is -0.184. The monoisotopic (exact) mass is 298 g/mol. The van der Waals surface area contributed by atoms with Crippen LogP contribution in [-0.4, -0.2) is 24.6 Å². The lowest BCUT2D eigenvalue weighted by Crippen LogP contribution is -2.37. The normalized spacial score (nSPS) is 16.3. The number of methoxy groups -OCH3 is 1. The molecule has 2 heterocycles. The molecule has 1 aromatic heterocycles. The van der Waals surface area contributed by atoms with E-state index in [4.69, 9.17) is 9.47 Å². The number of hydrogen-bond acceptors (Lipinski definition) is 4. The standard InChI is InChI=1S/C17H18N2O3/c1-21-15-4-5-16-13(8-15)7-14(11-22-16)17(20)19-10-12-3-2-6-18-9-12/h2-6,8-9,14H,7,10-11H2,1H3,(H,19,20). The Morgan fingerprint density at radius 3 is 3.14 bits per heavy atom. The van der Waals surface area contributed by atoms with Crippen molar-refractivity contribution in [3.05, 3.63) is 53.9 Å². The van der Waals surface area contributed by atoms with E-state index in [0.717, 1.165) is 22.6 Å². The molecule has 0 saturated heterocycles. The molecular weight excluding hydrogens is 280 g/mol. The Labute approximate surface area is 129 Å². The fourth-order valence-corrected chi connectivity index (χ4v) is 2.50. The minimum Gasteiger partial charge on any atom is -0.497 e. The quantitative estimate of drug-likeness (QED) is 0.937. The zero-order valence-electron chi connectivity index (χ0n) is 12.4. The Kier molecular flexibility index (Phi) is 4.23. The summed E-state index contributed by atoms with van der Waals surface area (Å²) in [6.07, 6.45) is 4.12. The van der Waals surface area contributed by atoms with Gasteiger partial charge < -0.3 is 14.8 Å². The number of carbonyl (C=O) groups is 1. The lowest BCUT2D eigenvalue weighted by molar-refractivity contribution is -0.126. The first-order valence-electron chi connectivity index (χ1n) is 7.22. The molecule has 0 bridgehead atoms. The Balaban J connectivity index is 1.62. The molecule has 0 aliphatic carbocycles. The van der Waals surface area contributed by atoms with Crippen molar-refractivity contribution in [2.75, 3.05) is 13.7 Å². The van der Waals surface area contributed by atoms with Crippen molar-refractivity contribution < 1.29 is 14.3 Å².